The molecule has 1 aromatic heterocycles. The zero-order chi connectivity index (χ0) is 10.9. The van der Waals surface area contributed by atoms with E-state index in [0.717, 1.165) is 6.20 Å². The molecular formula is C7H4Cl2F3NO. The predicted molar refractivity (Wildman–Crippen MR) is 45.7 cm³/mol. The number of ether oxygens (including phenoxy) is 1. The summed E-state index contributed by atoms with van der Waals surface area (Å²) < 4.78 is 39.0. The van der Waals surface area contributed by atoms with Gasteiger partial charge in [-0.15, -0.1) is 13.2 Å². The van der Waals surface area contributed by atoms with E-state index >= 15 is 0 Å². The molecule has 1 rings (SSSR count). The Morgan fingerprint density at radius 3 is 2.43 bits per heavy atom. The molecule has 0 amide bonds. The highest BCUT2D eigenvalue weighted by Crippen LogP contribution is 2.33. The first kappa shape index (κ1) is 11.4. The van der Waals surface area contributed by atoms with Gasteiger partial charge in [-0.05, 0) is 12.5 Å². The maximum absolute atomic E-state index is 11.8. The average Bonchev–Trinajstić information content (AvgIpc) is 2.04. The van der Waals surface area contributed by atoms with Crippen LogP contribution in [-0.4, -0.2) is 11.3 Å². The lowest BCUT2D eigenvalue weighted by Gasteiger charge is -2.10. The van der Waals surface area contributed by atoms with E-state index in [1.54, 1.807) is 0 Å². The van der Waals surface area contributed by atoms with Crippen LogP contribution in [0.15, 0.2) is 6.20 Å². The summed E-state index contributed by atoms with van der Waals surface area (Å²) in [6, 6.07) is 0. The molecule has 0 aromatic carbocycles. The number of rotatable bonds is 1. The van der Waals surface area contributed by atoms with Crippen LogP contribution in [0.2, 0.25) is 10.0 Å². The topological polar surface area (TPSA) is 22.1 Å². The molecule has 0 aliphatic heterocycles. The molecule has 0 fully saturated rings. The van der Waals surface area contributed by atoms with Crippen LogP contribution in [0.4, 0.5) is 13.2 Å². The molecule has 1 aromatic rings. The summed E-state index contributed by atoms with van der Waals surface area (Å²) in [4.78, 5) is 3.32. The lowest BCUT2D eigenvalue weighted by atomic mass is 10.3. The fourth-order valence-corrected chi connectivity index (χ4v) is 1.10. The fraction of sp³-hybridized carbons (Fsp3) is 0.286. The third-order valence-corrected chi connectivity index (χ3v) is 2.21. The van der Waals surface area contributed by atoms with Gasteiger partial charge in [0.05, 0.1) is 5.02 Å². The molecule has 0 saturated heterocycles. The number of hydrogen-bond acceptors (Lipinski definition) is 2. The smallest absolute Gasteiger partial charge is 0.386 e. The second kappa shape index (κ2) is 3.82. The summed E-state index contributed by atoms with van der Waals surface area (Å²) in [6.07, 6.45) is -3.76. The van der Waals surface area contributed by atoms with Crippen molar-refractivity contribution in [1.82, 2.24) is 4.98 Å². The van der Waals surface area contributed by atoms with Crippen LogP contribution >= 0.6 is 23.2 Å². The van der Waals surface area contributed by atoms with E-state index in [4.69, 9.17) is 23.2 Å². The molecule has 0 aliphatic carbocycles. The standard InChI is InChI=1S/C7H4Cl2F3NO/c1-3-4(8)2-13-6(5(3)9)14-7(10,11)12/h2H,1H3. The van der Waals surface area contributed by atoms with Crippen LogP contribution in [0.25, 0.3) is 0 Å². The largest absolute Gasteiger partial charge is 0.574 e. The molecule has 0 spiro atoms. The minimum Gasteiger partial charge on any atom is -0.386 e. The molecule has 0 radical (unpaired) electrons. The average molecular weight is 246 g/mol. The monoisotopic (exact) mass is 245 g/mol. The molecule has 0 N–H and O–H groups in total. The van der Waals surface area contributed by atoms with E-state index in [1.165, 1.54) is 6.92 Å². The lowest BCUT2D eigenvalue weighted by Crippen LogP contribution is -2.18. The van der Waals surface area contributed by atoms with Crippen LogP contribution in [0.3, 0.4) is 0 Å². The first-order valence-electron chi connectivity index (χ1n) is 3.37. The molecule has 0 saturated carbocycles. The van der Waals surface area contributed by atoms with Gasteiger partial charge in [-0.25, -0.2) is 4.98 Å². The van der Waals surface area contributed by atoms with Crippen LogP contribution in [0.5, 0.6) is 5.88 Å². The Labute approximate surface area is 87.6 Å². The Morgan fingerprint density at radius 1 is 1.36 bits per heavy atom. The van der Waals surface area contributed by atoms with Gasteiger partial charge in [0.25, 0.3) is 0 Å². The van der Waals surface area contributed by atoms with Crippen molar-refractivity contribution in [2.45, 2.75) is 13.3 Å². The van der Waals surface area contributed by atoms with E-state index < -0.39 is 12.2 Å². The Kier molecular flexibility index (Phi) is 3.11. The van der Waals surface area contributed by atoms with Gasteiger partial charge >= 0.3 is 6.36 Å². The normalized spacial score (nSPS) is 11.6. The molecule has 2 nitrogen and oxygen atoms in total. The number of aromatic nitrogens is 1. The van der Waals surface area contributed by atoms with Gasteiger partial charge in [-0.2, -0.15) is 0 Å². The van der Waals surface area contributed by atoms with Gasteiger partial charge in [0, 0.05) is 6.20 Å². The summed E-state index contributed by atoms with van der Waals surface area (Å²) in [5, 5.41) is -0.0562. The van der Waals surface area contributed by atoms with Gasteiger partial charge in [0.1, 0.15) is 5.02 Å². The Balaban J connectivity index is 3.06. The number of nitrogens with zero attached hydrogens (tertiary/aromatic N) is 1. The highest BCUT2D eigenvalue weighted by Gasteiger charge is 2.33. The molecule has 0 aliphatic rings. The molecule has 0 unspecified atom stereocenters. The maximum atomic E-state index is 11.8. The highest BCUT2D eigenvalue weighted by molar-refractivity contribution is 6.36. The van der Waals surface area contributed by atoms with Crippen molar-refractivity contribution in [3.63, 3.8) is 0 Å². The highest BCUT2D eigenvalue weighted by atomic mass is 35.5. The zero-order valence-electron chi connectivity index (χ0n) is 6.82. The van der Waals surface area contributed by atoms with E-state index in [0.29, 0.717) is 5.56 Å². The third kappa shape index (κ3) is 2.65. The Bertz CT molecular complexity index is 354. The summed E-state index contributed by atoms with van der Waals surface area (Å²) in [6.45, 7) is 1.47. The maximum Gasteiger partial charge on any atom is 0.574 e. The zero-order valence-corrected chi connectivity index (χ0v) is 8.33. The van der Waals surface area contributed by atoms with Crippen molar-refractivity contribution in [2.24, 2.45) is 0 Å². The van der Waals surface area contributed by atoms with Crippen molar-refractivity contribution in [1.29, 1.82) is 0 Å². The molecular weight excluding hydrogens is 242 g/mol. The van der Waals surface area contributed by atoms with Gasteiger partial charge in [-0.1, -0.05) is 23.2 Å². The van der Waals surface area contributed by atoms with E-state index in [9.17, 15) is 13.2 Å². The number of hydrogen-bond donors (Lipinski definition) is 0. The van der Waals surface area contributed by atoms with Gasteiger partial charge < -0.3 is 4.74 Å². The van der Waals surface area contributed by atoms with Crippen molar-refractivity contribution in [3.05, 3.63) is 21.8 Å². The number of alkyl halides is 3. The van der Waals surface area contributed by atoms with E-state index in [-0.39, 0.29) is 10.0 Å². The van der Waals surface area contributed by atoms with E-state index in [2.05, 4.69) is 9.72 Å². The SMILES string of the molecule is Cc1c(Cl)cnc(OC(F)(F)F)c1Cl. The first-order chi connectivity index (χ1) is 6.31. The first-order valence-corrected chi connectivity index (χ1v) is 4.13. The number of pyridine rings is 1. The predicted octanol–water partition coefficient (Wildman–Crippen LogP) is 3.60. The van der Waals surface area contributed by atoms with Gasteiger partial charge in [-0.3, -0.25) is 0 Å². The van der Waals surface area contributed by atoms with Crippen LogP contribution in [0.1, 0.15) is 5.56 Å². The van der Waals surface area contributed by atoms with Crippen molar-refractivity contribution < 1.29 is 17.9 Å². The van der Waals surface area contributed by atoms with Gasteiger partial charge in [0.2, 0.25) is 5.88 Å². The van der Waals surface area contributed by atoms with E-state index in [1.807, 2.05) is 0 Å². The van der Waals surface area contributed by atoms with Crippen LogP contribution < -0.4 is 4.74 Å². The molecule has 14 heavy (non-hydrogen) atoms. The summed E-state index contributed by atoms with van der Waals surface area (Å²) in [7, 11) is 0. The number of halogens is 5. The fourth-order valence-electron chi connectivity index (χ4n) is 0.715. The minimum atomic E-state index is -4.81. The molecule has 0 bridgehead atoms. The second-order valence-corrected chi connectivity index (χ2v) is 3.18. The molecule has 78 valence electrons. The summed E-state index contributed by atoms with van der Waals surface area (Å²) >= 11 is 11.1. The lowest BCUT2D eigenvalue weighted by molar-refractivity contribution is -0.276. The quantitative estimate of drug-likeness (QED) is 0.755. The van der Waals surface area contributed by atoms with Crippen molar-refractivity contribution in [3.8, 4) is 5.88 Å². The minimum absolute atomic E-state index is 0.185. The molecule has 1 heterocycles. The molecule has 0 atom stereocenters. The van der Waals surface area contributed by atoms with Gasteiger partial charge in [0.15, 0.2) is 0 Å². The third-order valence-electron chi connectivity index (χ3n) is 1.38. The second-order valence-electron chi connectivity index (χ2n) is 2.40. The van der Waals surface area contributed by atoms with Crippen LogP contribution in [0, 0.1) is 6.92 Å². The Morgan fingerprint density at radius 2 is 1.93 bits per heavy atom. The van der Waals surface area contributed by atoms with Crippen LogP contribution in [-0.2, 0) is 0 Å². The molecule has 7 heteroatoms. The summed E-state index contributed by atoms with van der Waals surface area (Å²) in [5.41, 5.74) is 0.294. The Hall–Kier alpha value is -0.680. The van der Waals surface area contributed by atoms with Crippen molar-refractivity contribution >= 4 is 23.2 Å². The van der Waals surface area contributed by atoms with Crippen molar-refractivity contribution in [2.75, 3.05) is 0 Å². The summed E-state index contributed by atoms with van der Waals surface area (Å²) in [5.74, 6) is -0.693.